The number of rotatable bonds is 7. The van der Waals surface area contributed by atoms with E-state index in [1.54, 1.807) is 11.3 Å². The summed E-state index contributed by atoms with van der Waals surface area (Å²) in [6.45, 7) is 10.4. The van der Waals surface area contributed by atoms with Gasteiger partial charge in [0.15, 0.2) is 5.96 Å². The molecule has 1 fully saturated rings. The van der Waals surface area contributed by atoms with Gasteiger partial charge in [0.25, 0.3) is 0 Å². The van der Waals surface area contributed by atoms with E-state index in [9.17, 15) is 0 Å². The Balaban J connectivity index is 0.00000300. The predicted molar refractivity (Wildman–Crippen MR) is 136 cm³/mol. The van der Waals surface area contributed by atoms with E-state index in [-0.39, 0.29) is 24.0 Å². The topological polar surface area (TPSA) is 66.5 Å². The number of thiazole rings is 1. The summed E-state index contributed by atoms with van der Waals surface area (Å²) in [7, 11) is 0. The average Bonchev–Trinajstić information content (AvgIpc) is 3.12. The van der Waals surface area contributed by atoms with Gasteiger partial charge in [-0.3, -0.25) is 9.89 Å². The molecule has 7 heteroatoms. The summed E-state index contributed by atoms with van der Waals surface area (Å²) in [6.07, 6.45) is 4.32. The van der Waals surface area contributed by atoms with E-state index in [0.717, 1.165) is 49.7 Å². The van der Waals surface area contributed by atoms with Gasteiger partial charge in [0.05, 0.1) is 10.7 Å². The van der Waals surface area contributed by atoms with Crippen molar-refractivity contribution in [2.75, 3.05) is 25.0 Å². The van der Waals surface area contributed by atoms with Crippen molar-refractivity contribution in [3.63, 3.8) is 0 Å². The molecule has 0 amide bonds. The molecule has 0 aliphatic carbocycles. The van der Waals surface area contributed by atoms with Crippen LogP contribution in [0.2, 0.25) is 0 Å². The largest absolute Gasteiger partial charge is 0.370 e. The van der Waals surface area contributed by atoms with Gasteiger partial charge in [-0.1, -0.05) is 32.0 Å². The van der Waals surface area contributed by atoms with E-state index in [2.05, 4.69) is 64.5 Å². The molecule has 0 radical (unpaired) electrons. The summed E-state index contributed by atoms with van der Waals surface area (Å²) >= 11 is 1.73. The fourth-order valence-corrected chi connectivity index (χ4v) is 4.44. The predicted octanol–water partition coefficient (Wildman–Crippen LogP) is 4.83. The maximum absolute atomic E-state index is 6.22. The van der Waals surface area contributed by atoms with Crippen LogP contribution in [0.15, 0.2) is 28.6 Å². The second-order valence-electron chi connectivity index (χ2n) is 7.59. The Bertz CT molecular complexity index is 774. The third kappa shape index (κ3) is 6.93. The number of aromatic nitrogens is 1. The Hall–Kier alpha value is -1.19. The maximum atomic E-state index is 6.22. The summed E-state index contributed by atoms with van der Waals surface area (Å²) in [4.78, 5) is 11.7. The summed E-state index contributed by atoms with van der Waals surface area (Å²) in [5.41, 5.74) is 11.2. The number of aliphatic imine (C=N–C) groups is 1. The lowest BCUT2D eigenvalue weighted by atomic mass is 9.97. The first-order valence-electron chi connectivity index (χ1n) is 10.4. The number of nitrogens with two attached hydrogens (primary N) is 1. The van der Waals surface area contributed by atoms with Gasteiger partial charge in [-0.05, 0) is 62.7 Å². The van der Waals surface area contributed by atoms with Crippen LogP contribution in [0.5, 0.6) is 0 Å². The van der Waals surface area contributed by atoms with Crippen molar-refractivity contribution >= 4 is 47.0 Å². The number of nitrogens with zero attached hydrogens (tertiary/aromatic N) is 3. The Kier molecular flexibility index (Phi) is 9.85. The van der Waals surface area contributed by atoms with Gasteiger partial charge < -0.3 is 11.1 Å². The molecule has 1 aliphatic heterocycles. The second-order valence-corrected chi connectivity index (χ2v) is 8.65. The van der Waals surface area contributed by atoms with Gasteiger partial charge in [-0.2, -0.15) is 0 Å². The van der Waals surface area contributed by atoms with Gasteiger partial charge in [-0.25, -0.2) is 4.98 Å². The highest BCUT2D eigenvalue weighted by Crippen LogP contribution is 2.23. The summed E-state index contributed by atoms with van der Waals surface area (Å²) in [6, 6.07) is 6.44. The molecule has 3 N–H and O–H groups in total. The summed E-state index contributed by atoms with van der Waals surface area (Å²) in [5.74, 6) is 1.15. The van der Waals surface area contributed by atoms with Crippen LogP contribution >= 0.6 is 35.3 Å². The number of aryl methyl sites for hydroxylation is 3. The molecule has 1 aromatic carbocycles. The number of anilines is 1. The van der Waals surface area contributed by atoms with Crippen LogP contribution in [-0.2, 0) is 19.4 Å². The lowest BCUT2D eigenvalue weighted by Crippen LogP contribution is -2.34. The SMILES string of the molecule is CCc1cccc(CC)c1NC(N)=NCC1CCN(Cc2csc(C)n2)CC1.I. The molecule has 160 valence electrons. The van der Waals surface area contributed by atoms with Crippen LogP contribution in [-0.4, -0.2) is 35.5 Å². The Labute approximate surface area is 196 Å². The lowest BCUT2D eigenvalue weighted by Gasteiger charge is -2.30. The third-order valence-corrected chi connectivity index (χ3v) is 6.35. The normalized spacial score (nSPS) is 15.9. The van der Waals surface area contributed by atoms with Crippen LogP contribution < -0.4 is 11.1 Å². The first-order valence-corrected chi connectivity index (χ1v) is 11.3. The first kappa shape index (κ1) is 24.1. The molecule has 0 saturated carbocycles. The third-order valence-electron chi connectivity index (χ3n) is 5.53. The van der Waals surface area contributed by atoms with Crippen LogP contribution in [0.1, 0.15) is 48.5 Å². The zero-order chi connectivity index (χ0) is 19.9. The smallest absolute Gasteiger partial charge is 0.193 e. The van der Waals surface area contributed by atoms with Gasteiger partial charge >= 0.3 is 0 Å². The molecule has 2 heterocycles. The standard InChI is InChI=1S/C22H33N5S.HI/c1-4-18-7-6-8-19(5-2)21(18)26-22(23)24-13-17-9-11-27(12-10-17)14-20-15-28-16(3)25-20;/h6-8,15,17H,4-5,9-14H2,1-3H3,(H3,23,24,26);1H. The number of piperidine rings is 1. The van der Waals surface area contributed by atoms with Crippen molar-refractivity contribution in [3.8, 4) is 0 Å². The average molecular weight is 528 g/mol. The van der Waals surface area contributed by atoms with Crippen LogP contribution in [0.25, 0.3) is 0 Å². The molecule has 5 nitrogen and oxygen atoms in total. The number of para-hydroxylation sites is 1. The van der Waals surface area contributed by atoms with Crippen LogP contribution in [0, 0.1) is 12.8 Å². The summed E-state index contributed by atoms with van der Waals surface area (Å²) < 4.78 is 0. The molecule has 0 atom stereocenters. The molecule has 0 unspecified atom stereocenters. The fourth-order valence-electron chi connectivity index (χ4n) is 3.84. The van der Waals surface area contributed by atoms with Crippen molar-refractivity contribution < 1.29 is 0 Å². The number of likely N-dealkylation sites (tertiary alicyclic amines) is 1. The van der Waals surface area contributed by atoms with Gasteiger partial charge in [0.2, 0.25) is 0 Å². The van der Waals surface area contributed by atoms with Crippen molar-refractivity contribution in [1.82, 2.24) is 9.88 Å². The molecule has 1 aliphatic rings. The van der Waals surface area contributed by atoms with Gasteiger partial charge in [0, 0.05) is 24.2 Å². The maximum Gasteiger partial charge on any atom is 0.193 e. The highest BCUT2D eigenvalue weighted by Gasteiger charge is 2.19. The Morgan fingerprint density at radius 2 is 1.90 bits per heavy atom. The number of benzene rings is 1. The highest BCUT2D eigenvalue weighted by molar-refractivity contribution is 14.0. The molecule has 2 aromatic rings. The van der Waals surface area contributed by atoms with E-state index in [1.165, 1.54) is 29.7 Å². The van der Waals surface area contributed by atoms with E-state index in [4.69, 9.17) is 5.73 Å². The Morgan fingerprint density at radius 1 is 1.24 bits per heavy atom. The van der Waals surface area contributed by atoms with Crippen molar-refractivity contribution in [1.29, 1.82) is 0 Å². The quantitative estimate of drug-likeness (QED) is 0.308. The lowest BCUT2D eigenvalue weighted by molar-refractivity contribution is 0.179. The number of halogens is 1. The number of nitrogens with one attached hydrogen (secondary N) is 1. The van der Waals surface area contributed by atoms with Crippen molar-refractivity contribution in [2.45, 2.75) is 53.0 Å². The number of hydrogen-bond acceptors (Lipinski definition) is 4. The highest BCUT2D eigenvalue weighted by atomic mass is 127. The summed E-state index contributed by atoms with van der Waals surface area (Å²) in [5, 5.41) is 6.70. The first-order chi connectivity index (χ1) is 13.6. The minimum atomic E-state index is 0. The van der Waals surface area contributed by atoms with E-state index in [0.29, 0.717) is 11.9 Å². The zero-order valence-corrected chi connectivity index (χ0v) is 20.9. The van der Waals surface area contributed by atoms with Crippen molar-refractivity contribution in [2.24, 2.45) is 16.6 Å². The molecule has 0 spiro atoms. The van der Waals surface area contributed by atoms with E-state index < -0.39 is 0 Å². The monoisotopic (exact) mass is 527 g/mol. The zero-order valence-electron chi connectivity index (χ0n) is 17.8. The second kappa shape index (κ2) is 11.9. The number of guanidine groups is 1. The number of hydrogen-bond donors (Lipinski definition) is 2. The van der Waals surface area contributed by atoms with Gasteiger partial charge in [0.1, 0.15) is 0 Å². The van der Waals surface area contributed by atoms with Crippen LogP contribution in [0.3, 0.4) is 0 Å². The van der Waals surface area contributed by atoms with Gasteiger partial charge in [-0.15, -0.1) is 35.3 Å². The van der Waals surface area contributed by atoms with E-state index >= 15 is 0 Å². The molecule has 1 aromatic heterocycles. The molecule has 3 rings (SSSR count). The van der Waals surface area contributed by atoms with E-state index in [1.807, 2.05) is 0 Å². The molecule has 29 heavy (non-hydrogen) atoms. The van der Waals surface area contributed by atoms with Crippen LogP contribution in [0.4, 0.5) is 5.69 Å². The Morgan fingerprint density at radius 3 is 2.45 bits per heavy atom. The molecule has 1 saturated heterocycles. The minimum Gasteiger partial charge on any atom is -0.370 e. The van der Waals surface area contributed by atoms with Crippen molar-refractivity contribution in [3.05, 3.63) is 45.4 Å². The molecular formula is C22H34IN5S. The molecular weight excluding hydrogens is 493 g/mol. The molecule has 0 bridgehead atoms. The fraction of sp³-hybridized carbons (Fsp3) is 0.545. The minimum absolute atomic E-state index is 0.